The van der Waals surface area contributed by atoms with Crippen molar-refractivity contribution in [3.05, 3.63) is 26.3 Å². The van der Waals surface area contributed by atoms with Crippen LogP contribution in [0.25, 0.3) is 0 Å². The van der Waals surface area contributed by atoms with Gasteiger partial charge in [0.2, 0.25) is 0 Å². The first-order chi connectivity index (χ1) is 8.54. The molecule has 0 amide bonds. The van der Waals surface area contributed by atoms with Crippen molar-refractivity contribution in [3.8, 4) is 0 Å². The molecule has 0 spiro atoms. The van der Waals surface area contributed by atoms with Crippen LogP contribution in [-0.2, 0) is 61.5 Å². The number of rotatable bonds is 2. The number of hydrogen-bond acceptors (Lipinski definition) is 8. The van der Waals surface area contributed by atoms with E-state index in [2.05, 4.69) is 0 Å². The molecule has 0 aromatic rings. The summed E-state index contributed by atoms with van der Waals surface area (Å²) in [6, 6.07) is 0.324. The molecule has 0 rings (SSSR count). The van der Waals surface area contributed by atoms with E-state index in [1.165, 1.54) is 0 Å². The van der Waals surface area contributed by atoms with Crippen LogP contribution >= 0.6 is 0 Å². The summed E-state index contributed by atoms with van der Waals surface area (Å²) in [5.41, 5.74) is 20.4. The smallest absolute Gasteiger partial charge is 0.512 e. The number of nitrogens with two attached hydrogens (primary N) is 4. The maximum atomic E-state index is 6.25. The Labute approximate surface area is 170 Å². The molecule has 1 radical (unpaired) electrons. The van der Waals surface area contributed by atoms with E-state index < -0.39 is 0 Å². The van der Waals surface area contributed by atoms with Crippen molar-refractivity contribution in [2.24, 2.45) is 22.9 Å². The Morgan fingerprint density at radius 1 is 0.667 bits per heavy atom. The van der Waals surface area contributed by atoms with Gasteiger partial charge in [0.05, 0.1) is 0 Å². The first-order valence-electron chi connectivity index (χ1n) is 4.35. The minimum Gasteiger partial charge on any atom is -0.512 e. The molecule has 0 aromatic carbocycles. The maximum Gasteiger partial charge on any atom is 2.00 e. The third-order valence-corrected chi connectivity index (χ3v) is 0.744. The molecule has 0 bridgehead atoms. The van der Waals surface area contributed by atoms with Crippen molar-refractivity contribution in [2.45, 2.75) is 25.9 Å². The Bertz CT molecular complexity index is 151. The molecule has 21 heavy (non-hydrogen) atoms. The second-order valence-electron chi connectivity index (χ2n) is 2.43. The summed E-state index contributed by atoms with van der Waals surface area (Å²) in [4.78, 5) is 0. The summed E-state index contributed by atoms with van der Waals surface area (Å²) in [7, 11) is 0. The van der Waals surface area contributed by atoms with Crippen LogP contribution in [0.1, 0.15) is 13.8 Å². The van der Waals surface area contributed by atoms with E-state index in [0.29, 0.717) is 13.1 Å². The van der Waals surface area contributed by atoms with E-state index in [1.54, 1.807) is 0 Å². The van der Waals surface area contributed by atoms with Gasteiger partial charge in [0, 0.05) is 25.2 Å². The quantitative estimate of drug-likeness (QED) is 0.206. The van der Waals surface area contributed by atoms with Crippen molar-refractivity contribution in [3.63, 3.8) is 0 Å². The molecule has 8 N–H and O–H groups in total. The van der Waals surface area contributed by atoms with E-state index in [0.717, 1.165) is 0 Å². The molecular formula is C10H20Au2CoN8. The molecular weight excluding hydrogens is 685 g/mol. The molecule has 0 aliphatic heterocycles. The van der Waals surface area contributed by atoms with Gasteiger partial charge in [-0.25, -0.2) is 0 Å². The molecule has 0 aliphatic carbocycles. The van der Waals surface area contributed by atoms with Crippen molar-refractivity contribution in [1.82, 2.24) is 0 Å². The predicted octanol–water partition coefficient (Wildman–Crippen LogP) is -1.04. The summed E-state index contributed by atoms with van der Waals surface area (Å²) in [6.07, 6.45) is 0. The van der Waals surface area contributed by atoms with Gasteiger partial charge in [-0.1, -0.05) is 0 Å². The fourth-order valence-corrected chi connectivity index (χ4v) is 0. The Kier molecular flexibility index (Phi) is 321. The Hall–Kier alpha value is -0.213. The molecule has 0 fully saturated rings. The van der Waals surface area contributed by atoms with Gasteiger partial charge in [-0.3, -0.25) is 0 Å². The first-order valence-corrected chi connectivity index (χ1v) is 4.35. The molecule has 2 unspecified atom stereocenters. The van der Waals surface area contributed by atoms with Crippen molar-refractivity contribution in [1.29, 1.82) is 21.0 Å². The summed E-state index contributed by atoms with van der Waals surface area (Å²) in [5.74, 6) is 0. The topological polar surface area (TPSA) is 199 Å². The summed E-state index contributed by atoms with van der Waals surface area (Å²) in [5, 5.41) is 25.0. The van der Waals surface area contributed by atoms with E-state index in [-0.39, 0.29) is 73.6 Å². The van der Waals surface area contributed by atoms with E-state index in [1.807, 2.05) is 13.8 Å². The molecule has 0 saturated heterocycles. The van der Waals surface area contributed by atoms with Gasteiger partial charge in [-0.15, -0.1) is 0 Å². The van der Waals surface area contributed by atoms with Crippen LogP contribution in [0.15, 0.2) is 0 Å². The van der Waals surface area contributed by atoms with Crippen LogP contribution in [0.5, 0.6) is 0 Å². The van der Waals surface area contributed by atoms with Gasteiger partial charge in [-0.2, -0.15) is 0 Å². The molecule has 0 aliphatic rings. The predicted molar refractivity (Wildman–Crippen MR) is 65.3 cm³/mol. The fraction of sp³-hybridized carbons (Fsp3) is 0.600. The van der Waals surface area contributed by atoms with Gasteiger partial charge in [0.25, 0.3) is 0 Å². The first kappa shape index (κ1) is 58.6. The zero-order valence-electron chi connectivity index (χ0n) is 11.6. The minimum absolute atomic E-state index is 0. The van der Waals surface area contributed by atoms with Crippen LogP contribution in [0, 0.1) is 47.3 Å². The zero-order chi connectivity index (χ0) is 16.6. The summed E-state index contributed by atoms with van der Waals surface area (Å²) >= 11 is 0. The molecule has 8 nitrogen and oxygen atoms in total. The Morgan fingerprint density at radius 3 is 0.714 bits per heavy atom. The largest absolute Gasteiger partial charge is 2.00 e. The van der Waals surface area contributed by atoms with Crippen LogP contribution in [0.3, 0.4) is 0 Å². The zero-order valence-corrected chi connectivity index (χ0v) is 17.0. The van der Waals surface area contributed by atoms with E-state index in [9.17, 15) is 0 Å². The van der Waals surface area contributed by atoms with Gasteiger partial charge < -0.3 is 70.3 Å². The van der Waals surface area contributed by atoms with Crippen molar-refractivity contribution >= 4 is 0 Å². The molecule has 2 atom stereocenters. The maximum absolute atomic E-state index is 6.25. The Morgan fingerprint density at radius 2 is 0.714 bits per heavy atom. The third-order valence-electron chi connectivity index (χ3n) is 0.744. The second-order valence-corrected chi connectivity index (χ2v) is 2.43. The average molecular weight is 705 g/mol. The van der Waals surface area contributed by atoms with Crippen LogP contribution < -0.4 is 22.9 Å². The van der Waals surface area contributed by atoms with Gasteiger partial charge in [0.15, 0.2) is 0 Å². The molecule has 0 aromatic heterocycles. The average Bonchev–Trinajstić information content (AvgIpc) is 2.48. The van der Waals surface area contributed by atoms with Crippen LogP contribution in [-0.4, -0.2) is 25.2 Å². The van der Waals surface area contributed by atoms with Gasteiger partial charge in [-0.05, 0) is 13.8 Å². The molecule has 11 heteroatoms. The fourth-order valence-electron chi connectivity index (χ4n) is 0. The SMILES string of the molecule is CC(N)CN.CC(N)CN.[Au+].[Au+].[C-]#N.[C-]#N.[C-]#N.[C-]#N.[Co+2]. The molecule has 0 saturated carbocycles. The number of hydrogen-bond donors (Lipinski definition) is 4. The second kappa shape index (κ2) is 115. The monoisotopic (exact) mass is 705 g/mol. The van der Waals surface area contributed by atoms with Crippen LogP contribution in [0.4, 0.5) is 0 Å². The van der Waals surface area contributed by atoms with E-state index in [4.69, 9.17) is 70.3 Å². The minimum atomic E-state index is 0. The Balaban J connectivity index is -0.0000000122. The van der Waals surface area contributed by atoms with Crippen molar-refractivity contribution in [2.75, 3.05) is 13.1 Å². The third kappa shape index (κ3) is 437. The molecule has 0 heterocycles. The van der Waals surface area contributed by atoms with Crippen molar-refractivity contribution < 1.29 is 61.5 Å². The van der Waals surface area contributed by atoms with E-state index >= 15 is 0 Å². The van der Waals surface area contributed by atoms with Gasteiger partial charge >= 0.3 is 61.5 Å². The van der Waals surface area contributed by atoms with Gasteiger partial charge in [0.1, 0.15) is 0 Å². The summed E-state index contributed by atoms with van der Waals surface area (Å²) < 4.78 is 0. The standard InChI is InChI=1S/2C3H10N2.4CN.2Au.Co/c2*1-3(5)2-4;4*1-2;;;/h2*3H,2,4-5H2,1H3;;;;;;;/q;;4*-1;2*+1;+2. The normalized spacial score (nSPS) is 7.52. The summed E-state index contributed by atoms with van der Waals surface area (Å²) in [6.45, 7) is 23.9. The molecule has 131 valence electrons. The van der Waals surface area contributed by atoms with Crippen LogP contribution in [0.2, 0.25) is 0 Å². The number of nitrogens with zero attached hydrogens (tertiary/aromatic N) is 4.